The molecule has 0 aliphatic rings. The highest BCUT2D eigenvalue weighted by Gasteiger charge is 2.15. The van der Waals surface area contributed by atoms with Gasteiger partial charge in [0.15, 0.2) is 0 Å². The van der Waals surface area contributed by atoms with Crippen molar-refractivity contribution in [3.05, 3.63) is 42.0 Å². The fourth-order valence-corrected chi connectivity index (χ4v) is 2.16. The quantitative estimate of drug-likeness (QED) is 0.850. The van der Waals surface area contributed by atoms with Crippen molar-refractivity contribution < 1.29 is 14.3 Å². The van der Waals surface area contributed by atoms with Crippen LogP contribution < -0.4 is 14.8 Å². The van der Waals surface area contributed by atoms with Crippen LogP contribution in [0.2, 0.25) is 0 Å². The number of ether oxygens (including phenoxy) is 2. The Morgan fingerprint density at radius 2 is 1.96 bits per heavy atom. The van der Waals surface area contributed by atoms with Crippen LogP contribution in [0.1, 0.15) is 36.8 Å². The van der Waals surface area contributed by atoms with Gasteiger partial charge in [-0.2, -0.15) is 0 Å². The average molecular weight is 315 g/mol. The van der Waals surface area contributed by atoms with Gasteiger partial charge in [-0.1, -0.05) is 6.92 Å². The zero-order valence-corrected chi connectivity index (χ0v) is 13.6. The standard InChI is InChI=1S/C17H21N3O3/c1-4-14-13(10-18-11-19-14)17(21)20-15-9-12(22-5-2)7-8-16(15)23-6-3/h7-11H,4-6H2,1-3H3,(H,20,21). The first-order valence-electron chi connectivity index (χ1n) is 7.69. The normalized spacial score (nSPS) is 10.2. The summed E-state index contributed by atoms with van der Waals surface area (Å²) in [6, 6.07) is 5.35. The molecule has 2 rings (SSSR count). The van der Waals surface area contributed by atoms with Crippen molar-refractivity contribution in [3.8, 4) is 11.5 Å². The van der Waals surface area contributed by atoms with E-state index in [9.17, 15) is 4.79 Å². The number of carbonyl (C=O) groups excluding carboxylic acids is 1. The molecule has 2 aromatic rings. The molecule has 0 saturated carbocycles. The van der Waals surface area contributed by atoms with E-state index in [-0.39, 0.29) is 5.91 Å². The van der Waals surface area contributed by atoms with Gasteiger partial charge >= 0.3 is 0 Å². The first kappa shape index (κ1) is 16.7. The molecular weight excluding hydrogens is 294 g/mol. The number of rotatable bonds is 7. The van der Waals surface area contributed by atoms with Crippen LogP contribution in [0.5, 0.6) is 11.5 Å². The number of carbonyl (C=O) groups is 1. The lowest BCUT2D eigenvalue weighted by atomic mass is 10.1. The maximum atomic E-state index is 12.5. The molecule has 0 saturated heterocycles. The molecule has 23 heavy (non-hydrogen) atoms. The van der Waals surface area contributed by atoms with Gasteiger partial charge in [0.1, 0.15) is 17.8 Å². The van der Waals surface area contributed by atoms with Crippen LogP contribution in [0.4, 0.5) is 5.69 Å². The third kappa shape index (κ3) is 4.18. The van der Waals surface area contributed by atoms with Gasteiger partial charge in [-0.25, -0.2) is 9.97 Å². The van der Waals surface area contributed by atoms with Crippen LogP contribution in [0.3, 0.4) is 0 Å². The fraction of sp³-hybridized carbons (Fsp3) is 0.353. The summed E-state index contributed by atoms with van der Waals surface area (Å²) in [5, 5.41) is 2.86. The van der Waals surface area contributed by atoms with Gasteiger partial charge in [0.05, 0.1) is 30.2 Å². The first-order valence-corrected chi connectivity index (χ1v) is 7.69. The Morgan fingerprint density at radius 3 is 2.65 bits per heavy atom. The van der Waals surface area contributed by atoms with Crippen LogP contribution >= 0.6 is 0 Å². The third-order valence-corrected chi connectivity index (χ3v) is 3.18. The minimum absolute atomic E-state index is 0.267. The molecule has 1 aromatic heterocycles. The Bertz CT molecular complexity index is 674. The molecule has 0 aliphatic carbocycles. The number of aromatic nitrogens is 2. The zero-order valence-electron chi connectivity index (χ0n) is 13.6. The highest BCUT2D eigenvalue weighted by atomic mass is 16.5. The van der Waals surface area contributed by atoms with Crippen molar-refractivity contribution >= 4 is 11.6 Å². The number of hydrogen-bond donors (Lipinski definition) is 1. The molecule has 0 spiro atoms. The second-order valence-corrected chi connectivity index (χ2v) is 4.71. The average Bonchev–Trinajstić information content (AvgIpc) is 2.57. The van der Waals surface area contributed by atoms with E-state index in [1.165, 1.54) is 12.5 Å². The molecule has 1 N–H and O–H groups in total. The molecule has 0 unspecified atom stereocenters. The predicted molar refractivity (Wildman–Crippen MR) is 88.1 cm³/mol. The van der Waals surface area contributed by atoms with Crippen LogP contribution in [0.15, 0.2) is 30.7 Å². The number of nitrogens with one attached hydrogen (secondary N) is 1. The lowest BCUT2D eigenvalue weighted by molar-refractivity contribution is 0.102. The third-order valence-electron chi connectivity index (χ3n) is 3.18. The summed E-state index contributed by atoms with van der Waals surface area (Å²) < 4.78 is 11.0. The second kappa shape index (κ2) is 8.12. The van der Waals surface area contributed by atoms with E-state index in [0.717, 1.165) is 0 Å². The lowest BCUT2D eigenvalue weighted by Crippen LogP contribution is -2.16. The number of nitrogens with zero attached hydrogens (tertiary/aromatic N) is 2. The number of hydrogen-bond acceptors (Lipinski definition) is 5. The summed E-state index contributed by atoms with van der Waals surface area (Å²) in [6.45, 7) is 6.80. The first-order chi connectivity index (χ1) is 11.2. The smallest absolute Gasteiger partial charge is 0.259 e. The Balaban J connectivity index is 2.29. The summed E-state index contributed by atoms with van der Waals surface area (Å²) in [5.41, 5.74) is 1.73. The molecule has 0 aliphatic heterocycles. The monoisotopic (exact) mass is 315 g/mol. The second-order valence-electron chi connectivity index (χ2n) is 4.71. The molecular formula is C17H21N3O3. The summed E-state index contributed by atoms with van der Waals surface area (Å²) in [6.07, 6.45) is 3.62. The predicted octanol–water partition coefficient (Wildman–Crippen LogP) is 3.09. The van der Waals surface area contributed by atoms with E-state index in [2.05, 4.69) is 15.3 Å². The van der Waals surface area contributed by atoms with Crippen LogP contribution in [0.25, 0.3) is 0 Å². The van der Waals surface area contributed by atoms with Crippen molar-refractivity contribution in [1.82, 2.24) is 9.97 Å². The molecule has 0 bridgehead atoms. The minimum atomic E-state index is -0.267. The van der Waals surface area contributed by atoms with Crippen molar-refractivity contribution in [2.24, 2.45) is 0 Å². The highest BCUT2D eigenvalue weighted by molar-refractivity contribution is 6.05. The van der Waals surface area contributed by atoms with Gasteiger partial charge in [0.2, 0.25) is 0 Å². The van der Waals surface area contributed by atoms with Crippen molar-refractivity contribution in [2.75, 3.05) is 18.5 Å². The largest absolute Gasteiger partial charge is 0.494 e. The molecule has 0 radical (unpaired) electrons. The van der Waals surface area contributed by atoms with Gasteiger partial charge in [-0.15, -0.1) is 0 Å². The van der Waals surface area contributed by atoms with E-state index in [4.69, 9.17) is 9.47 Å². The topological polar surface area (TPSA) is 73.3 Å². The fourth-order valence-electron chi connectivity index (χ4n) is 2.16. The lowest BCUT2D eigenvalue weighted by Gasteiger charge is -2.14. The minimum Gasteiger partial charge on any atom is -0.494 e. The molecule has 122 valence electrons. The van der Waals surface area contributed by atoms with E-state index in [0.29, 0.717) is 48.1 Å². The van der Waals surface area contributed by atoms with E-state index < -0.39 is 0 Å². The van der Waals surface area contributed by atoms with Gasteiger partial charge < -0.3 is 14.8 Å². The molecule has 6 heteroatoms. The summed E-state index contributed by atoms with van der Waals surface area (Å²) in [4.78, 5) is 20.6. The number of amides is 1. The van der Waals surface area contributed by atoms with Gasteiger partial charge in [0.25, 0.3) is 5.91 Å². The van der Waals surface area contributed by atoms with E-state index >= 15 is 0 Å². The number of aryl methyl sites for hydroxylation is 1. The Kier molecular flexibility index (Phi) is 5.91. The van der Waals surface area contributed by atoms with Crippen molar-refractivity contribution in [2.45, 2.75) is 27.2 Å². The Morgan fingerprint density at radius 1 is 1.17 bits per heavy atom. The van der Waals surface area contributed by atoms with Gasteiger partial charge in [0, 0.05) is 12.3 Å². The summed E-state index contributed by atoms with van der Waals surface area (Å²) in [7, 11) is 0. The van der Waals surface area contributed by atoms with Crippen molar-refractivity contribution in [3.63, 3.8) is 0 Å². The molecule has 0 atom stereocenters. The highest BCUT2D eigenvalue weighted by Crippen LogP contribution is 2.30. The Hall–Kier alpha value is -2.63. The summed E-state index contributed by atoms with van der Waals surface area (Å²) >= 11 is 0. The van der Waals surface area contributed by atoms with Gasteiger partial charge in [-0.05, 0) is 32.4 Å². The molecule has 1 aromatic carbocycles. The molecule has 1 heterocycles. The van der Waals surface area contributed by atoms with Crippen molar-refractivity contribution in [1.29, 1.82) is 0 Å². The van der Waals surface area contributed by atoms with Gasteiger partial charge in [-0.3, -0.25) is 4.79 Å². The summed E-state index contributed by atoms with van der Waals surface area (Å²) in [5.74, 6) is 1.00. The SMILES string of the molecule is CCOc1ccc(OCC)c(NC(=O)c2cncnc2CC)c1. The maximum Gasteiger partial charge on any atom is 0.259 e. The van der Waals surface area contributed by atoms with E-state index in [1.807, 2.05) is 26.8 Å². The Labute approximate surface area is 135 Å². The van der Waals surface area contributed by atoms with Crippen LogP contribution in [-0.2, 0) is 6.42 Å². The number of anilines is 1. The molecule has 0 fully saturated rings. The molecule has 6 nitrogen and oxygen atoms in total. The van der Waals surface area contributed by atoms with E-state index in [1.54, 1.807) is 12.1 Å². The van der Waals surface area contributed by atoms with Crippen LogP contribution in [0, 0.1) is 0 Å². The zero-order chi connectivity index (χ0) is 16.7. The van der Waals surface area contributed by atoms with Crippen LogP contribution in [-0.4, -0.2) is 29.1 Å². The maximum absolute atomic E-state index is 12.5. The number of benzene rings is 1. The molecule has 1 amide bonds.